The molecule has 1 N–H and O–H groups in total. The molecular formula is C31H37NO6. The lowest BCUT2D eigenvalue weighted by Crippen LogP contribution is -2.36. The monoisotopic (exact) mass is 519 g/mol. The molecule has 0 saturated heterocycles. The Morgan fingerprint density at radius 1 is 1.00 bits per heavy atom. The van der Waals surface area contributed by atoms with Gasteiger partial charge < -0.3 is 24.3 Å². The second kappa shape index (κ2) is 12.2. The van der Waals surface area contributed by atoms with E-state index in [4.69, 9.17) is 18.9 Å². The zero-order chi connectivity index (χ0) is 27.2. The summed E-state index contributed by atoms with van der Waals surface area (Å²) in [6.07, 6.45) is 2.87. The number of nitrogens with one attached hydrogen (secondary N) is 1. The van der Waals surface area contributed by atoms with Crippen molar-refractivity contribution in [3.8, 4) is 17.2 Å². The van der Waals surface area contributed by atoms with Crippen molar-refractivity contribution in [1.82, 2.24) is 5.32 Å². The lowest BCUT2D eigenvalue weighted by molar-refractivity contribution is -0.138. The largest absolute Gasteiger partial charge is 0.493 e. The van der Waals surface area contributed by atoms with E-state index in [0.29, 0.717) is 53.5 Å². The first-order chi connectivity index (χ1) is 18.4. The van der Waals surface area contributed by atoms with Crippen LogP contribution in [0.5, 0.6) is 17.2 Å². The minimum Gasteiger partial charge on any atom is -0.493 e. The summed E-state index contributed by atoms with van der Waals surface area (Å²) in [4.78, 5) is 27.1. The molecule has 2 aromatic rings. The molecule has 0 amide bonds. The molecule has 0 spiro atoms. The summed E-state index contributed by atoms with van der Waals surface area (Å²) in [5, 5.41) is 3.40. The summed E-state index contributed by atoms with van der Waals surface area (Å²) in [7, 11) is 3.21. The summed E-state index contributed by atoms with van der Waals surface area (Å²) in [6, 6.07) is 13.5. The second-order valence-corrected chi connectivity index (χ2v) is 9.59. The predicted octanol–water partition coefficient (Wildman–Crippen LogP) is 5.81. The van der Waals surface area contributed by atoms with Crippen molar-refractivity contribution in [2.24, 2.45) is 0 Å². The first-order valence-electron chi connectivity index (χ1n) is 13.3. The van der Waals surface area contributed by atoms with Gasteiger partial charge in [-0.05, 0) is 56.4 Å². The molecule has 0 saturated carbocycles. The number of rotatable bonds is 10. The number of para-hydroxylation sites is 1. The van der Waals surface area contributed by atoms with Crippen LogP contribution in [0.25, 0.3) is 0 Å². The summed E-state index contributed by atoms with van der Waals surface area (Å²) < 4.78 is 22.5. The van der Waals surface area contributed by atoms with E-state index in [1.54, 1.807) is 21.1 Å². The fourth-order valence-electron chi connectivity index (χ4n) is 5.35. The van der Waals surface area contributed by atoms with Crippen LogP contribution >= 0.6 is 0 Å². The van der Waals surface area contributed by atoms with Crippen LogP contribution in [0, 0.1) is 0 Å². The molecular weight excluding hydrogens is 482 g/mol. The second-order valence-electron chi connectivity index (χ2n) is 9.59. The minimum atomic E-state index is -0.568. The van der Waals surface area contributed by atoms with Gasteiger partial charge in [-0.1, -0.05) is 37.6 Å². The van der Waals surface area contributed by atoms with E-state index in [9.17, 15) is 9.59 Å². The third-order valence-electron chi connectivity index (χ3n) is 7.19. The number of Topliss-reactive ketones (excluding diaryl/α,β-unsaturated/α-hetero) is 1. The number of carbonyl (C=O) groups is 2. The van der Waals surface area contributed by atoms with Crippen LogP contribution in [0.2, 0.25) is 0 Å². The normalized spacial score (nSPS) is 19.0. The van der Waals surface area contributed by atoms with Gasteiger partial charge >= 0.3 is 5.97 Å². The van der Waals surface area contributed by atoms with E-state index in [0.717, 1.165) is 29.7 Å². The maximum atomic E-state index is 13.9. The van der Waals surface area contributed by atoms with Gasteiger partial charge in [0.05, 0.1) is 38.9 Å². The number of hydrogen-bond donors (Lipinski definition) is 1. The molecule has 1 aliphatic carbocycles. The number of ether oxygens (including phenoxy) is 4. The molecule has 7 nitrogen and oxygen atoms in total. The lowest BCUT2D eigenvalue weighted by atomic mass is 9.71. The van der Waals surface area contributed by atoms with E-state index in [-0.39, 0.29) is 18.3 Å². The van der Waals surface area contributed by atoms with Crippen LogP contribution in [0.4, 0.5) is 0 Å². The summed E-state index contributed by atoms with van der Waals surface area (Å²) in [5.41, 5.74) is 4.40. The number of methoxy groups -OCH3 is 2. The molecule has 38 heavy (non-hydrogen) atoms. The number of hydrogen-bond acceptors (Lipinski definition) is 7. The van der Waals surface area contributed by atoms with Crippen molar-refractivity contribution in [3.05, 3.63) is 76.1 Å². The molecule has 0 unspecified atom stereocenters. The van der Waals surface area contributed by atoms with Gasteiger partial charge in [0.15, 0.2) is 17.3 Å². The number of carbonyl (C=O) groups excluding carboxylic acids is 2. The Hall–Kier alpha value is -3.74. The van der Waals surface area contributed by atoms with Gasteiger partial charge in [0.1, 0.15) is 5.75 Å². The van der Waals surface area contributed by atoms with Crippen LogP contribution in [-0.2, 0) is 14.3 Å². The SMILES string of the molecule is CCCCOc1ccccc1[C@@H]1C(C(=O)OCC)=C(C)NC2=C1C(=O)C[C@@H](c1ccc(OC)c(OC)c1)C2. The number of ketones is 1. The first kappa shape index (κ1) is 27.3. The van der Waals surface area contributed by atoms with Gasteiger partial charge in [-0.3, -0.25) is 4.79 Å². The van der Waals surface area contributed by atoms with E-state index < -0.39 is 11.9 Å². The van der Waals surface area contributed by atoms with Crippen molar-refractivity contribution < 1.29 is 28.5 Å². The smallest absolute Gasteiger partial charge is 0.336 e. The number of allylic oxidation sites excluding steroid dienone is 3. The van der Waals surface area contributed by atoms with Crippen molar-refractivity contribution in [1.29, 1.82) is 0 Å². The van der Waals surface area contributed by atoms with E-state index in [1.165, 1.54) is 0 Å². The van der Waals surface area contributed by atoms with E-state index in [2.05, 4.69) is 12.2 Å². The Morgan fingerprint density at radius 3 is 2.47 bits per heavy atom. The molecule has 2 atom stereocenters. The summed E-state index contributed by atoms with van der Waals surface area (Å²) >= 11 is 0. The zero-order valence-corrected chi connectivity index (χ0v) is 22.9. The quantitative estimate of drug-likeness (QED) is 0.313. The zero-order valence-electron chi connectivity index (χ0n) is 22.9. The standard InChI is InChI=1S/C31H37NO6/c1-6-8-15-38-25-12-10-9-11-22(25)29-28(31(34)37-7-2)19(3)32-23-16-21(17-24(33)30(23)29)20-13-14-26(35-4)27(18-20)36-5/h9-14,18,21,29,32H,6-8,15-17H2,1-5H3/t21-,29+/m0/s1. The van der Waals surface area contributed by atoms with Crippen LogP contribution < -0.4 is 19.5 Å². The maximum absolute atomic E-state index is 13.9. The van der Waals surface area contributed by atoms with Crippen molar-refractivity contribution in [2.75, 3.05) is 27.4 Å². The number of esters is 1. The highest BCUT2D eigenvalue weighted by Gasteiger charge is 2.42. The first-order valence-corrected chi connectivity index (χ1v) is 13.3. The van der Waals surface area contributed by atoms with E-state index >= 15 is 0 Å². The van der Waals surface area contributed by atoms with Gasteiger partial charge in [0, 0.05) is 29.0 Å². The highest BCUT2D eigenvalue weighted by molar-refractivity contribution is 6.04. The topological polar surface area (TPSA) is 83.1 Å². The molecule has 0 fully saturated rings. The van der Waals surface area contributed by atoms with Crippen molar-refractivity contribution >= 4 is 11.8 Å². The minimum absolute atomic E-state index is 0.00111. The third kappa shape index (κ3) is 5.42. The Labute approximate surface area is 224 Å². The molecule has 2 aromatic carbocycles. The molecule has 7 heteroatoms. The van der Waals surface area contributed by atoms with Crippen LogP contribution in [0.15, 0.2) is 65.0 Å². The van der Waals surface area contributed by atoms with E-state index in [1.807, 2.05) is 49.4 Å². The highest BCUT2D eigenvalue weighted by Crippen LogP contribution is 2.48. The summed E-state index contributed by atoms with van der Waals surface area (Å²) in [6.45, 7) is 6.58. The number of dihydropyridines is 1. The number of unbranched alkanes of at least 4 members (excludes halogenated alkanes) is 1. The highest BCUT2D eigenvalue weighted by atomic mass is 16.5. The molecule has 0 radical (unpaired) electrons. The molecule has 0 bridgehead atoms. The average molecular weight is 520 g/mol. The van der Waals surface area contributed by atoms with Crippen LogP contribution in [0.1, 0.15) is 69.4 Å². The van der Waals surface area contributed by atoms with Gasteiger partial charge in [0.2, 0.25) is 0 Å². The maximum Gasteiger partial charge on any atom is 0.336 e. The molecule has 2 aliphatic rings. The molecule has 1 aliphatic heterocycles. The fourth-order valence-corrected chi connectivity index (χ4v) is 5.35. The lowest BCUT2D eigenvalue weighted by Gasteiger charge is -2.37. The van der Waals surface area contributed by atoms with Gasteiger partial charge in [-0.25, -0.2) is 4.79 Å². The van der Waals surface area contributed by atoms with Crippen LogP contribution in [0.3, 0.4) is 0 Å². The van der Waals surface area contributed by atoms with Gasteiger partial charge in [-0.15, -0.1) is 0 Å². The number of benzene rings is 2. The fraction of sp³-hybridized carbons (Fsp3) is 0.419. The predicted molar refractivity (Wildman–Crippen MR) is 146 cm³/mol. The van der Waals surface area contributed by atoms with Crippen molar-refractivity contribution in [3.63, 3.8) is 0 Å². The Bertz CT molecular complexity index is 1260. The Kier molecular flexibility index (Phi) is 8.77. The molecule has 1 heterocycles. The average Bonchev–Trinajstić information content (AvgIpc) is 2.92. The van der Waals surface area contributed by atoms with Crippen LogP contribution in [-0.4, -0.2) is 39.2 Å². The molecule has 4 rings (SSSR count). The van der Waals surface area contributed by atoms with Crippen molar-refractivity contribution in [2.45, 2.75) is 58.3 Å². The van der Waals surface area contributed by atoms with Gasteiger partial charge in [0.25, 0.3) is 0 Å². The molecule has 202 valence electrons. The summed E-state index contributed by atoms with van der Waals surface area (Å²) in [5.74, 6) is 0.930. The molecule has 0 aromatic heterocycles. The van der Waals surface area contributed by atoms with Gasteiger partial charge in [-0.2, -0.15) is 0 Å². The Morgan fingerprint density at radius 2 is 1.76 bits per heavy atom. The Balaban J connectivity index is 1.78. The third-order valence-corrected chi connectivity index (χ3v) is 7.19.